The van der Waals surface area contributed by atoms with Crippen LogP contribution >= 0.6 is 11.8 Å². The number of nitrogens with zero attached hydrogens (tertiary/aromatic N) is 4. The van der Waals surface area contributed by atoms with E-state index in [0.717, 1.165) is 17.2 Å². The van der Waals surface area contributed by atoms with Crippen LogP contribution in [0.1, 0.15) is 64.2 Å². The zero-order valence-corrected chi connectivity index (χ0v) is 16.1. The fraction of sp³-hybridized carbons (Fsp3) is 0.526. The van der Waals surface area contributed by atoms with E-state index >= 15 is 0 Å². The highest BCUT2D eigenvalue weighted by atomic mass is 32.2. The third kappa shape index (κ3) is 4.42. The highest BCUT2D eigenvalue weighted by molar-refractivity contribution is 7.98. The largest absolute Gasteiger partial charge is 0.424 e. The summed E-state index contributed by atoms with van der Waals surface area (Å²) < 4.78 is 8.04. The lowest BCUT2D eigenvalue weighted by molar-refractivity contribution is 0.445. The number of hydrogen-bond acceptors (Lipinski definition) is 5. The molecule has 0 saturated carbocycles. The zero-order valence-electron chi connectivity index (χ0n) is 15.2. The third-order valence-electron chi connectivity index (χ3n) is 4.16. The SMILES string of the molecule is CCCCCCn1c(SCc2nnc(C(C)C)o2)nc2ccccc21. The maximum atomic E-state index is 5.71. The van der Waals surface area contributed by atoms with E-state index in [9.17, 15) is 0 Å². The van der Waals surface area contributed by atoms with E-state index in [0.29, 0.717) is 17.5 Å². The minimum atomic E-state index is 0.259. The van der Waals surface area contributed by atoms with Crippen LogP contribution < -0.4 is 0 Å². The summed E-state index contributed by atoms with van der Waals surface area (Å²) in [5, 5.41) is 9.28. The normalized spacial score (nSPS) is 11.7. The minimum Gasteiger partial charge on any atom is -0.424 e. The first-order valence-corrected chi connectivity index (χ1v) is 10.1. The zero-order chi connectivity index (χ0) is 17.6. The van der Waals surface area contributed by atoms with E-state index in [1.807, 2.05) is 6.07 Å². The Kier molecular flexibility index (Phi) is 6.13. The summed E-state index contributed by atoms with van der Waals surface area (Å²) in [6.45, 7) is 7.36. The molecule has 0 fully saturated rings. The topological polar surface area (TPSA) is 56.7 Å². The van der Waals surface area contributed by atoms with Gasteiger partial charge in [-0.05, 0) is 18.6 Å². The van der Waals surface area contributed by atoms with Crippen molar-refractivity contribution in [1.82, 2.24) is 19.7 Å². The standard InChI is InChI=1S/C19H26N4OS/c1-4-5-6-9-12-23-16-11-8-7-10-15(16)20-19(23)25-13-17-21-22-18(24-17)14(2)3/h7-8,10-11,14H,4-6,9,12-13H2,1-3H3. The average Bonchev–Trinajstić information content (AvgIpc) is 3.22. The summed E-state index contributed by atoms with van der Waals surface area (Å²) in [5.74, 6) is 2.27. The Labute approximate surface area is 153 Å². The Bertz CT molecular complexity index is 809. The van der Waals surface area contributed by atoms with E-state index in [1.54, 1.807) is 11.8 Å². The molecule has 0 radical (unpaired) electrons. The van der Waals surface area contributed by atoms with Crippen LogP contribution in [-0.4, -0.2) is 19.7 Å². The molecule has 0 aliphatic heterocycles. The molecule has 2 heterocycles. The molecular formula is C19H26N4OS. The van der Waals surface area contributed by atoms with Gasteiger partial charge in [0.05, 0.1) is 16.8 Å². The lowest BCUT2D eigenvalue weighted by Gasteiger charge is -2.08. The van der Waals surface area contributed by atoms with Crippen LogP contribution in [-0.2, 0) is 12.3 Å². The fourth-order valence-corrected chi connectivity index (χ4v) is 3.64. The van der Waals surface area contributed by atoms with Crippen molar-refractivity contribution in [2.24, 2.45) is 0 Å². The van der Waals surface area contributed by atoms with E-state index in [-0.39, 0.29) is 5.92 Å². The van der Waals surface area contributed by atoms with Crippen molar-refractivity contribution < 1.29 is 4.42 Å². The molecule has 25 heavy (non-hydrogen) atoms. The highest BCUT2D eigenvalue weighted by Crippen LogP contribution is 2.27. The van der Waals surface area contributed by atoms with Crippen LogP contribution in [0.4, 0.5) is 0 Å². The maximum Gasteiger partial charge on any atom is 0.226 e. The molecule has 0 spiro atoms. The Hall–Kier alpha value is -1.82. The number of hydrogen-bond donors (Lipinski definition) is 0. The van der Waals surface area contributed by atoms with Crippen LogP contribution in [0.5, 0.6) is 0 Å². The number of aryl methyl sites for hydroxylation is 1. The second-order valence-electron chi connectivity index (χ2n) is 6.57. The van der Waals surface area contributed by atoms with Gasteiger partial charge in [-0.2, -0.15) is 0 Å². The molecule has 0 atom stereocenters. The monoisotopic (exact) mass is 358 g/mol. The molecule has 1 aromatic carbocycles. The second kappa shape index (κ2) is 8.52. The summed E-state index contributed by atoms with van der Waals surface area (Å²) in [4.78, 5) is 4.80. The third-order valence-corrected chi connectivity index (χ3v) is 5.12. The van der Waals surface area contributed by atoms with Gasteiger partial charge in [0.1, 0.15) is 0 Å². The van der Waals surface area contributed by atoms with Gasteiger partial charge in [0.2, 0.25) is 11.8 Å². The van der Waals surface area contributed by atoms with Gasteiger partial charge >= 0.3 is 0 Å². The molecule has 134 valence electrons. The van der Waals surface area contributed by atoms with Crippen LogP contribution in [0, 0.1) is 0 Å². The molecule has 6 heteroatoms. The van der Waals surface area contributed by atoms with Crippen molar-refractivity contribution in [3.63, 3.8) is 0 Å². The quantitative estimate of drug-likeness (QED) is 0.378. The van der Waals surface area contributed by atoms with Crippen LogP contribution in [0.25, 0.3) is 11.0 Å². The summed E-state index contributed by atoms with van der Waals surface area (Å²) in [7, 11) is 0. The Morgan fingerprint density at radius 2 is 1.96 bits per heavy atom. The van der Waals surface area contributed by atoms with Crippen molar-refractivity contribution >= 4 is 22.8 Å². The predicted octanol–water partition coefficient (Wildman–Crippen LogP) is 5.42. The van der Waals surface area contributed by atoms with Gasteiger partial charge in [-0.25, -0.2) is 4.98 Å². The van der Waals surface area contributed by atoms with Crippen molar-refractivity contribution in [2.75, 3.05) is 0 Å². The molecule has 0 bridgehead atoms. The number of aromatic nitrogens is 4. The van der Waals surface area contributed by atoms with Crippen molar-refractivity contribution in [2.45, 2.75) is 69.8 Å². The summed E-state index contributed by atoms with van der Waals surface area (Å²) in [6, 6.07) is 8.34. The maximum absolute atomic E-state index is 5.71. The number of imidazole rings is 1. The number of unbranched alkanes of at least 4 members (excludes halogenated alkanes) is 3. The molecule has 0 saturated heterocycles. The summed E-state index contributed by atoms with van der Waals surface area (Å²) in [5.41, 5.74) is 2.25. The minimum absolute atomic E-state index is 0.259. The lowest BCUT2D eigenvalue weighted by atomic mass is 10.2. The Morgan fingerprint density at radius 1 is 1.12 bits per heavy atom. The molecule has 3 rings (SSSR count). The summed E-state index contributed by atoms with van der Waals surface area (Å²) >= 11 is 1.67. The van der Waals surface area contributed by atoms with E-state index in [1.165, 1.54) is 31.2 Å². The van der Waals surface area contributed by atoms with E-state index in [2.05, 4.69) is 53.7 Å². The van der Waals surface area contributed by atoms with Gasteiger partial charge in [-0.3, -0.25) is 0 Å². The fourth-order valence-electron chi connectivity index (χ4n) is 2.76. The first-order valence-electron chi connectivity index (χ1n) is 9.09. The van der Waals surface area contributed by atoms with Crippen molar-refractivity contribution in [3.8, 4) is 0 Å². The van der Waals surface area contributed by atoms with Gasteiger partial charge in [0, 0.05) is 12.5 Å². The molecule has 0 aliphatic rings. The average molecular weight is 359 g/mol. The molecule has 0 N–H and O–H groups in total. The van der Waals surface area contributed by atoms with Crippen LogP contribution in [0.2, 0.25) is 0 Å². The Balaban J connectivity index is 1.74. The van der Waals surface area contributed by atoms with Crippen molar-refractivity contribution in [3.05, 3.63) is 36.0 Å². The molecule has 0 amide bonds. The van der Waals surface area contributed by atoms with E-state index in [4.69, 9.17) is 9.40 Å². The molecule has 0 unspecified atom stereocenters. The van der Waals surface area contributed by atoms with Gasteiger partial charge in [0.15, 0.2) is 5.16 Å². The van der Waals surface area contributed by atoms with Gasteiger partial charge in [-0.15, -0.1) is 10.2 Å². The molecule has 5 nitrogen and oxygen atoms in total. The van der Waals surface area contributed by atoms with Crippen molar-refractivity contribution in [1.29, 1.82) is 0 Å². The smallest absolute Gasteiger partial charge is 0.226 e. The van der Waals surface area contributed by atoms with E-state index < -0.39 is 0 Å². The van der Waals surface area contributed by atoms with Crippen LogP contribution in [0.15, 0.2) is 33.8 Å². The highest BCUT2D eigenvalue weighted by Gasteiger charge is 2.14. The van der Waals surface area contributed by atoms with Gasteiger partial charge in [0.25, 0.3) is 0 Å². The lowest BCUT2D eigenvalue weighted by Crippen LogP contribution is -2.00. The van der Waals surface area contributed by atoms with Crippen LogP contribution in [0.3, 0.4) is 0 Å². The number of rotatable bonds is 9. The predicted molar refractivity (Wildman–Crippen MR) is 102 cm³/mol. The Morgan fingerprint density at radius 3 is 2.72 bits per heavy atom. The van der Waals surface area contributed by atoms with Gasteiger partial charge < -0.3 is 8.98 Å². The molecule has 0 aliphatic carbocycles. The molecule has 3 aromatic rings. The number of benzene rings is 1. The molecule has 2 aromatic heterocycles. The number of para-hydroxylation sites is 2. The molecular weight excluding hydrogens is 332 g/mol. The summed E-state index contributed by atoms with van der Waals surface area (Å²) in [6.07, 6.45) is 4.98. The first kappa shape index (κ1) is 18.0. The number of fused-ring (bicyclic) bond motifs is 1. The first-order chi connectivity index (χ1) is 12.2. The van der Waals surface area contributed by atoms with Gasteiger partial charge in [-0.1, -0.05) is 63.9 Å². The number of thioether (sulfide) groups is 1. The second-order valence-corrected chi connectivity index (χ2v) is 7.52.